The van der Waals surface area contributed by atoms with Crippen molar-refractivity contribution in [3.63, 3.8) is 0 Å². The summed E-state index contributed by atoms with van der Waals surface area (Å²) in [5, 5.41) is 7.64. The minimum absolute atomic E-state index is 0.126. The first kappa shape index (κ1) is 20.7. The third kappa shape index (κ3) is 3.79. The molecule has 31 heavy (non-hydrogen) atoms. The van der Waals surface area contributed by atoms with Crippen LogP contribution in [-0.2, 0) is 0 Å². The molecule has 1 amide bonds. The highest BCUT2D eigenvalue weighted by Gasteiger charge is 2.24. The number of carbonyl (C=O) groups is 1. The van der Waals surface area contributed by atoms with Crippen LogP contribution in [0.2, 0.25) is 0 Å². The molecule has 0 saturated heterocycles. The smallest absolute Gasteiger partial charge is 0.259 e. The Morgan fingerprint density at radius 2 is 2.06 bits per heavy atom. The van der Waals surface area contributed by atoms with Gasteiger partial charge >= 0.3 is 0 Å². The molecule has 0 radical (unpaired) electrons. The Morgan fingerprint density at radius 3 is 2.74 bits per heavy atom. The number of nitrogens with zero attached hydrogens (tertiary/aromatic N) is 5. The standard InChI is InChI=1S/C20H20FN7O2S/c1-9(2)28-14(5-10(3)27-28)25-20-24-8-13-16(26-20)15(17(31-13)18(22)29)12-6-11(21)7-23-19(12)30-4/h5-9H,1-4H3,(H2,22,29)(H,24,25,26). The van der Waals surface area contributed by atoms with E-state index in [1.807, 2.05) is 31.5 Å². The zero-order valence-electron chi connectivity index (χ0n) is 17.3. The zero-order valence-corrected chi connectivity index (χ0v) is 18.1. The number of hydrogen-bond acceptors (Lipinski definition) is 8. The molecule has 160 valence electrons. The van der Waals surface area contributed by atoms with Gasteiger partial charge in [0.1, 0.15) is 16.5 Å². The van der Waals surface area contributed by atoms with Gasteiger partial charge < -0.3 is 15.8 Å². The number of aromatic nitrogens is 5. The molecular formula is C20H20FN7O2S. The highest BCUT2D eigenvalue weighted by molar-refractivity contribution is 7.21. The van der Waals surface area contributed by atoms with Crippen molar-refractivity contribution in [2.24, 2.45) is 5.73 Å². The summed E-state index contributed by atoms with van der Waals surface area (Å²) in [5.74, 6) is -0.0525. The number of primary amides is 1. The molecule has 0 aliphatic rings. The topological polar surface area (TPSA) is 121 Å². The van der Waals surface area contributed by atoms with Crippen molar-refractivity contribution in [1.29, 1.82) is 0 Å². The van der Waals surface area contributed by atoms with Gasteiger partial charge in [0.2, 0.25) is 11.8 Å². The average Bonchev–Trinajstić information content (AvgIpc) is 3.28. The molecule has 4 aromatic heterocycles. The number of fused-ring (bicyclic) bond motifs is 1. The number of carbonyl (C=O) groups excluding carboxylic acids is 1. The van der Waals surface area contributed by atoms with Crippen LogP contribution in [0.1, 0.15) is 35.3 Å². The number of nitrogens with one attached hydrogen (secondary N) is 1. The second-order valence-electron chi connectivity index (χ2n) is 7.12. The number of aryl methyl sites for hydroxylation is 1. The van der Waals surface area contributed by atoms with Crippen LogP contribution in [0.25, 0.3) is 21.3 Å². The van der Waals surface area contributed by atoms with Crippen LogP contribution < -0.4 is 15.8 Å². The Morgan fingerprint density at radius 1 is 1.29 bits per heavy atom. The summed E-state index contributed by atoms with van der Waals surface area (Å²) in [6.07, 6.45) is 2.63. The number of pyridine rings is 1. The molecule has 0 saturated carbocycles. The summed E-state index contributed by atoms with van der Waals surface area (Å²) in [6.45, 7) is 5.93. The summed E-state index contributed by atoms with van der Waals surface area (Å²) >= 11 is 1.13. The zero-order chi connectivity index (χ0) is 22.3. The lowest BCUT2D eigenvalue weighted by molar-refractivity contribution is 0.100. The van der Waals surface area contributed by atoms with Gasteiger partial charge in [-0.25, -0.2) is 24.0 Å². The van der Waals surface area contributed by atoms with E-state index < -0.39 is 11.7 Å². The third-order valence-corrected chi connectivity index (χ3v) is 5.65. The molecule has 0 aliphatic heterocycles. The van der Waals surface area contributed by atoms with Gasteiger partial charge in [-0.05, 0) is 26.8 Å². The Balaban J connectivity index is 1.90. The highest BCUT2D eigenvalue weighted by atomic mass is 32.1. The third-order valence-electron chi connectivity index (χ3n) is 4.52. The fraction of sp³-hybridized carbons (Fsp3) is 0.250. The van der Waals surface area contributed by atoms with Gasteiger partial charge in [-0.2, -0.15) is 5.10 Å². The van der Waals surface area contributed by atoms with Crippen molar-refractivity contribution in [2.45, 2.75) is 26.8 Å². The molecule has 0 atom stereocenters. The van der Waals surface area contributed by atoms with Crippen LogP contribution in [0, 0.1) is 12.7 Å². The Kier molecular flexibility index (Phi) is 5.27. The lowest BCUT2D eigenvalue weighted by atomic mass is 10.1. The Hall–Kier alpha value is -3.60. The molecule has 4 aromatic rings. The summed E-state index contributed by atoms with van der Waals surface area (Å²) in [5.41, 5.74) is 7.53. The van der Waals surface area contributed by atoms with Crippen molar-refractivity contribution in [1.82, 2.24) is 24.7 Å². The van der Waals surface area contributed by atoms with Gasteiger partial charge in [0.05, 0.1) is 41.0 Å². The quantitative estimate of drug-likeness (QED) is 0.466. The maximum Gasteiger partial charge on any atom is 0.259 e. The first-order valence-corrected chi connectivity index (χ1v) is 10.2. The Labute approximate surface area is 181 Å². The fourth-order valence-corrected chi connectivity index (χ4v) is 4.24. The number of ether oxygens (including phenoxy) is 1. The molecule has 0 aliphatic carbocycles. The average molecular weight is 441 g/mol. The molecular weight excluding hydrogens is 421 g/mol. The maximum absolute atomic E-state index is 14.0. The van der Waals surface area contributed by atoms with Gasteiger partial charge in [-0.15, -0.1) is 11.3 Å². The van der Waals surface area contributed by atoms with Crippen molar-refractivity contribution < 1.29 is 13.9 Å². The van der Waals surface area contributed by atoms with E-state index in [1.165, 1.54) is 13.2 Å². The number of nitrogens with two attached hydrogens (primary N) is 1. The predicted molar refractivity (Wildman–Crippen MR) is 116 cm³/mol. The van der Waals surface area contributed by atoms with E-state index in [0.717, 1.165) is 29.0 Å². The van der Waals surface area contributed by atoms with Gasteiger partial charge in [0.15, 0.2) is 0 Å². The van der Waals surface area contributed by atoms with Crippen LogP contribution in [0.5, 0.6) is 5.88 Å². The molecule has 0 unspecified atom stereocenters. The number of anilines is 2. The molecule has 4 rings (SSSR count). The second-order valence-corrected chi connectivity index (χ2v) is 8.17. The maximum atomic E-state index is 14.0. The molecule has 11 heteroatoms. The van der Waals surface area contributed by atoms with Crippen LogP contribution in [0.15, 0.2) is 24.5 Å². The number of halogens is 1. The Bertz CT molecular complexity index is 1300. The van der Waals surface area contributed by atoms with Crippen molar-refractivity contribution in [2.75, 3.05) is 12.4 Å². The van der Waals surface area contributed by atoms with Crippen LogP contribution in [0.4, 0.5) is 16.2 Å². The fourth-order valence-electron chi connectivity index (χ4n) is 3.26. The molecule has 0 aromatic carbocycles. The van der Waals surface area contributed by atoms with Crippen LogP contribution in [0.3, 0.4) is 0 Å². The van der Waals surface area contributed by atoms with E-state index in [9.17, 15) is 9.18 Å². The number of hydrogen-bond donors (Lipinski definition) is 2. The predicted octanol–water partition coefficient (Wildman–Crippen LogP) is 3.83. The molecule has 3 N–H and O–H groups in total. The first-order valence-electron chi connectivity index (χ1n) is 9.41. The number of methoxy groups -OCH3 is 1. The normalized spacial score (nSPS) is 11.3. The summed E-state index contributed by atoms with van der Waals surface area (Å²) < 4.78 is 21.7. The van der Waals surface area contributed by atoms with E-state index >= 15 is 0 Å². The van der Waals surface area contributed by atoms with Crippen molar-refractivity contribution >= 4 is 39.2 Å². The summed E-state index contributed by atoms with van der Waals surface area (Å²) in [4.78, 5) is 25.3. The lowest BCUT2D eigenvalue weighted by Crippen LogP contribution is -2.10. The van der Waals surface area contributed by atoms with Crippen LogP contribution in [-0.4, -0.2) is 37.7 Å². The van der Waals surface area contributed by atoms with Gasteiger partial charge in [0.25, 0.3) is 5.91 Å². The molecule has 4 heterocycles. The highest BCUT2D eigenvalue weighted by Crippen LogP contribution is 2.41. The van der Waals surface area contributed by atoms with Crippen molar-refractivity contribution in [3.05, 3.63) is 40.9 Å². The monoisotopic (exact) mass is 441 g/mol. The molecule has 0 bridgehead atoms. The van der Waals surface area contributed by atoms with Gasteiger partial charge in [-0.1, -0.05) is 0 Å². The first-order chi connectivity index (χ1) is 14.8. The molecule has 0 fully saturated rings. The SMILES string of the molecule is COc1ncc(F)cc1-c1c(C(N)=O)sc2cnc(Nc3cc(C)nn3C(C)C)nc12. The summed E-state index contributed by atoms with van der Waals surface area (Å²) in [7, 11) is 1.42. The van der Waals surface area contributed by atoms with E-state index in [2.05, 4.69) is 25.4 Å². The van der Waals surface area contributed by atoms with Crippen LogP contribution >= 0.6 is 11.3 Å². The minimum Gasteiger partial charge on any atom is -0.481 e. The number of rotatable bonds is 6. The molecule has 9 nitrogen and oxygen atoms in total. The minimum atomic E-state index is -0.660. The van der Waals surface area contributed by atoms with E-state index in [0.29, 0.717) is 21.7 Å². The number of thiophene rings is 1. The van der Waals surface area contributed by atoms with E-state index in [-0.39, 0.29) is 22.4 Å². The lowest BCUT2D eigenvalue weighted by Gasteiger charge is -2.12. The molecule has 0 spiro atoms. The van der Waals surface area contributed by atoms with E-state index in [1.54, 1.807) is 6.20 Å². The van der Waals surface area contributed by atoms with E-state index in [4.69, 9.17) is 10.5 Å². The number of amides is 1. The summed E-state index contributed by atoms with van der Waals surface area (Å²) in [6, 6.07) is 3.25. The second kappa shape index (κ2) is 7.91. The van der Waals surface area contributed by atoms with Gasteiger partial charge in [0, 0.05) is 17.7 Å². The van der Waals surface area contributed by atoms with Crippen molar-refractivity contribution in [3.8, 4) is 17.0 Å². The largest absolute Gasteiger partial charge is 0.481 e. The van der Waals surface area contributed by atoms with Gasteiger partial charge in [-0.3, -0.25) is 4.79 Å².